The van der Waals surface area contributed by atoms with Crippen LogP contribution >= 0.6 is 15.9 Å². The number of rotatable bonds is 9. The molecular weight excluding hydrogens is 530 g/mol. The molecule has 3 aromatic rings. The predicted octanol–water partition coefficient (Wildman–Crippen LogP) is 4.55. The molecule has 0 saturated heterocycles. The van der Waals surface area contributed by atoms with Crippen molar-refractivity contribution in [2.75, 3.05) is 19.0 Å². The summed E-state index contributed by atoms with van der Waals surface area (Å²) in [6, 6.07) is 18.1. The van der Waals surface area contributed by atoms with Gasteiger partial charge in [-0.25, -0.2) is 10.2 Å². The van der Waals surface area contributed by atoms with Crippen LogP contribution in [-0.2, 0) is 9.59 Å². The molecule has 0 aliphatic rings. The van der Waals surface area contributed by atoms with E-state index >= 15 is 0 Å². The SMILES string of the molecule is CCCOc1ccc(C(=O)Oc2ccc(Br)cc2C=NNC(=O)C(=O)Nc2cccc(OC)c2)cc1. The highest BCUT2D eigenvalue weighted by atomic mass is 79.9. The summed E-state index contributed by atoms with van der Waals surface area (Å²) >= 11 is 3.35. The number of halogens is 1. The van der Waals surface area contributed by atoms with E-state index < -0.39 is 17.8 Å². The van der Waals surface area contributed by atoms with Gasteiger partial charge in [0.05, 0.1) is 25.5 Å². The Bertz CT molecular complexity index is 1260. The minimum Gasteiger partial charge on any atom is -0.497 e. The summed E-state index contributed by atoms with van der Waals surface area (Å²) in [6.07, 6.45) is 2.15. The van der Waals surface area contributed by atoms with Crippen LogP contribution < -0.4 is 25.0 Å². The van der Waals surface area contributed by atoms with Crippen molar-refractivity contribution < 1.29 is 28.6 Å². The van der Waals surface area contributed by atoms with Gasteiger partial charge in [-0.15, -0.1) is 0 Å². The molecular formula is C26H24BrN3O6. The third-order valence-corrected chi connectivity index (χ3v) is 5.13. The van der Waals surface area contributed by atoms with E-state index in [0.29, 0.717) is 39.4 Å². The molecule has 0 atom stereocenters. The van der Waals surface area contributed by atoms with Crippen LogP contribution in [0.2, 0.25) is 0 Å². The Morgan fingerprint density at radius 2 is 1.75 bits per heavy atom. The maximum Gasteiger partial charge on any atom is 0.343 e. The van der Waals surface area contributed by atoms with Gasteiger partial charge in [-0.1, -0.05) is 28.9 Å². The second kappa shape index (κ2) is 13.1. The largest absolute Gasteiger partial charge is 0.497 e. The fourth-order valence-corrected chi connectivity index (χ4v) is 3.26. The van der Waals surface area contributed by atoms with E-state index in [-0.39, 0.29) is 5.75 Å². The maximum atomic E-state index is 12.6. The molecule has 0 heterocycles. The van der Waals surface area contributed by atoms with Gasteiger partial charge in [0.1, 0.15) is 17.2 Å². The van der Waals surface area contributed by atoms with Crippen LogP contribution in [0.5, 0.6) is 17.2 Å². The van der Waals surface area contributed by atoms with Gasteiger partial charge in [0.15, 0.2) is 0 Å². The highest BCUT2D eigenvalue weighted by Crippen LogP contribution is 2.23. The average molecular weight is 554 g/mol. The molecule has 0 bridgehead atoms. The monoisotopic (exact) mass is 553 g/mol. The topological polar surface area (TPSA) is 115 Å². The average Bonchev–Trinajstić information content (AvgIpc) is 2.89. The van der Waals surface area contributed by atoms with Crippen LogP contribution in [-0.4, -0.2) is 37.7 Å². The van der Waals surface area contributed by atoms with Gasteiger partial charge in [-0.3, -0.25) is 9.59 Å². The molecule has 0 aromatic heterocycles. The van der Waals surface area contributed by atoms with E-state index in [1.807, 2.05) is 6.92 Å². The zero-order valence-electron chi connectivity index (χ0n) is 19.6. The second-order valence-electron chi connectivity index (χ2n) is 7.33. The Labute approximate surface area is 216 Å². The summed E-state index contributed by atoms with van der Waals surface area (Å²) in [5, 5.41) is 6.28. The van der Waals surface area contributed by atoms with E-state index in [1.54, 1.807) is 66.7 Å². The normalized spacial score (nSPS) is 10.5. The van der Waals surface area contributed by atoms with Crippen molar-refractivity contribution >= 4 is 45.6 Å². The number of amides is 2. The van der Waals surface area contributed by atoms with E-state index in [9.17, 15) is 14.4 Å². The van der Waals surface area contributed by atoms with E-state index in [1.165, 1.54) is 13.3 Å². The number of carbonyl (C=O) groups is 3. The Balaban J connectivity index is 1.63. The summed E-state index contributed by atoms with van der Waals surface area (Å²) < 4.78 is 16.8. The Morgan fingerprint density at radius 1 is 0.972 bits per heavy atom. The maximum absolute atomic E-state index is 12.6. The van der Waals surface area contributed by atoms with Gasteiger partial charge in [-0.2, -0.15) is 5.10 Å². The van der Waals surface area contributed by atoms with Gasteiger partial charge < -0.3 is 19.5 Å². The number of esters is 1. The molecule has 0 saturated carbocycles. The molecule has 0 aliphatic heterocycles. The standard InChI is InChI=1S/C26H24BrN3O6/c1-3-13-35-21-10-7-17(8-11-21)26(33)36-23-12-9-19(27)14-18(23)16-28-30-25(32)24(31)29-20-5-4-6-22(15-20)34-2/h4-12,14-16H,3,13H2,1-2H3,(H,29,31)(H,30,32). The Kier molecular flexibility index (Phi) is 9.58. The number of nitrogens with one attached hydrogen (secondary N) is 2. The van der Waals surface area contributed by atoms with Crippen molar-refractivity contribution in [1.29, 1.82) is 0 Å². The lowest BCUT2D eigenvalue weighted by Crippen LogP contribution is -2.32. The van der Waals surface area contributed by atoms with Crippen molar-refractivity contribution in [2.45, 2.75) is 13.3 Å². The highest BCUT2D eigenvalue weighted by molar-refractivity contribution is 9.10. The number of carbonyl (C=O) groups excluding carboxylic acids is 3. The lowest BCUT2D eigenvalue weighted by Gasteiger charge is -2.09. The van der Waals surface area contributed by atoms with Crippen molar-refractivity contribution in [2.24, 2.45) is 5.10 Å². The lowest BCUT2D eigenvalue weighted by molar-refractivity contribution is -0.136. The molecule has 3 rings (SSSR count). The number of benzene rings is 3. The fourth-order valence-electron chi connectivity index (χ4n) is 2.88. The van der Waals surface area contributed by atoms with Gasteiger partial charge in [0.25, 0.3) is 0 Å². The van der Waals surface area contributed by atoms with E-state index in [2.05, 4.69) is 31.8 Å². The van der Waals surface area contributed by atoms with Gasteiger partial charge in [0, 0.05) is 21.8 Å². The molecule has 9 nitrogen and oxygen atoms in total. The summed E-state index contributed by atoms with van der Waals surface area (Å²) in [5.74, 6) is -1.05. The quantitative estimate of drug-likeness (QED) is 0.132. The number of methoxy groups -OCH3 is 1. The summed E-state index contributed by atoms with van der Waals surface area (Å²) in [4.78, 5) is 36.9. The number of hydrogen-bond donors (Lipinski definition) is 2. The number of ether oxygens (including phenoxy) is 3. The number of anilines is 1. The molecule has 2 amide bonds. The third-order valence-electron chi connectivity index (χ3n) is 4.64. The minimum absolute atomic E-state index is 0.216. The zero-order chi connectivity index (χ0) is 25.9. The molecule has 36 heavy (non-hydrogen) atoms. The van der Waals surface area contributed by atoms with Crippen LogP contribution in [0.4, 0.5) is 5.69 Å². The molecule has 0 fully saturated rings. The summed E-state index contributed by atoms with van der Waals surface area (Å²) in [7, 11) is 1.50. The summed E-state index contributed by atoms with van der Waals surface area (Å²) in [5.41, 5.74) is 3.28. The van der Waals surface area contributed by atoms with Crippen LogP contribution in [0.15, 0.2) is 76.3 Å². The van der Waals surface area contributed by atoms with Crippen LogP contribution in [0.1, 0.15) is 29.3 Å². The van der Waals surface area contributed by atoms with Crippen LogP contribution in [0.25, 0.3) is 0 Å². The van der Waals surface area contributed by atoms with Gasteiger partial charge in [0.2, 0.25) is 0 Å². The molecule has 0 unspecified atom stereocenters. The van der Waals surface area contributed by atoms with E-state index in [4.69, 9.17) is 14.2 Å². The minimum atomic E-state index is -0.979. The molecule has 10 heteroatoms. The lowest BCUT2D eigenvalue weighted by atomic mass is 10.2. The molecule has 0 radical (unpaired) electrons. The zero-order valence-corrected chi connectivity index (χ0v) is 21.2. The second-order valence-corrected chi connectivity index (χ2v) is 8.25. The number of nitrogens with zero attached hydrogens (tertiary/aromatic N) is 1. The third kappa shape index (κ3) is 7.67. The Hall–Kier alpha value is -4.18. The molecule has 0 aliphatic carbocycles. The first-order valence-corrected chi connectivity index (χ1v) is 11.7. The first-order valence-electron chi connectivity index (χ1n) is 10.9. The smallest absolute Gasteiger partial charge is 0.343 e. The number of hydrogen-bond acceptors (Lipinski definition) is 7. The molecule has 186 valence electrons. The molecule has 2 N–H and O–H groups in total. The van der Waals surface area contributed by atoms with Gasteiger partial charge in [-0.05, 0) is 61.0 Å². The Morgan fingerprint density at radius 3 is 2.47 bits per heavy atom. The predicted molar refractivity (Wildman–Crippen MR) is 139 cm³/mol. The molecule has 0 spiro atoms. The number of hydrazone groups is 1. The summed E-state index contributed by atoms with van der Waals surface area (Å²) in [6.45, 7) is 2.60. The molecule has 3 aromatic carbocycles. The first kappa shape index (κ1) is 26.4. The van der Waals surface area contributed by atoms with Gasteiger partial charge >= 0.3 is 17.8 Å². The van der Waals surface area contributed by atoms with Crippen molar-refractivity contribution in [3.05, 3.63) is 82.3 Å². The van der Waals surface area contributed by atoms with Crippen molar-refractivity contribution in [3.8, 4) is 17.2 Å². The first-order chi connectivity index (χ1) is 17.4. The fraction of sp³-hybridized carbons (Fsp3) is 0.154. The van der Waals surface area contributed by atoms with Crippen LogP contribution in [0, 0.1) is 0 Å². The van der Waals surface area contributed by atoms with Crippen molar-refractivity contribution in [3.63, 3.8) is 0 Å². The van der Waals surface area contributed by atoms with E-state index in [0.717, 1.165) is 6.42 Å². The van der Waals surface area contributed by atoms with Crippen molar-refractivity contribution in [1.82, 2.24) is 5.43 Å². The highest BCUT2D eigenvalue weighted by Gasteiger charge is 2.14. The van der Waals surface area contributed by atoms with Crippen LogP contribution in [0.3, 0.4) is 0 Å².